The Hall–Kier alpha value is -2.64. The topological polar surface area (TPSA) is 62.2 Å². The number of nitrogens with zero attached hydrogens (tertiary/aromatic N) is 5. The van der Waals surface area contributed by atoms with Crippen molar-refractivity contribution in [3.63, 3.8) is 0 Å². The van der Waals surface area contributed by atoms with Crippen LogP contribution in [0.5, 0.6) is 0 Å². The minimum atomic E-state index is -2.82. The van der Waals surface area contributed by atoms with Crippen LogP contribution in [0.15, 0.2) is 43.1 Å². The molecule has 0 N–H and O–H groups in total. The molecule has 2 saturated heterocycles. The van der Waals surface area contributed by atoms with Gasteiger partial charge in [0.25, 0.3) is 11.8 Å². The second-order valence-corrected chi connectivity index (χ2v) is 6.94. The first kappa shape index (κ1) is 16.8. The number of hydrogen-bond acceptors (Lipinski definition) is 5. The monoisotopic (exact) mass is 359 g/mol. The van der Waals surface area contributed by atoms with Crippen molar-refractivity contribution in [2.24, 2.45) is 5.41 Å². The van der Waals surface area contributed by atoms with Gasteiger partial charge in [0.1, 0.15) is 5.82 Å². The van der Waals surface area contributed by atoms with E-state index < -0.39 is 11.3 Å². The van der Waals surface area contributed by atoms with Crippen LogP contribution < -0.4 is 4.90 Å². The summed E-state index contributed by atoms with van der Waals surface area (Å²) in [5.41, 5.74) is -0.836. The fraction of sp³-hybridized carbons (Fsp3) is 0.444. The van der Waals surface area contributed by atoms with Crippen LogP contribution in [0.3, 0.4) is 0 Å². The van der Waals surface area contributed by atoms with E-state index in [-0.39, 0.29) is 32.0 Å². The number of amides is 1. The Morgan fingerprint density at radius 3 is 2.62 bits per heavy atom. The fourth-order valence-electron chi connectivity index (χ4n) is 3.90. The first-order valence-corrected chi connectivity index (χ1v) is 8.59. The minimum Gasteiger partial charge on any atom is -0.354 e. The van der Waals surface area contributed by atoms with Crippen LogP contribution in [0, 0.1) is 5.41 Å². The lowest BCUT2D eigenvalue weighted by atomic mass is 9.75. The maximum absolute atomic E-state index is 14.9. The maximum atomic E-state index is 14.9. The Morgan fingerprint density at radius 2 is 1.88 bits per heavy atom. The van der Waals surface area contributed by atoms with Crippen molar-refractivity contribution in [2.45, 2.75) is 18.8 Å². The largest absolute Gasteiger partial charge is 0.354 e. The zero-order valence-corrected chi connectivity index (χ0v) is 14.2. The second kappa shape index (κ2) is 6.26. The molecule has 1 atom stereocenters. The van der Waals surface area contributed by atoms with Crippen molar-refractivity contribution in [3.05, 3.63) is 48.7 Å². The number of halogens is 2. The van der Waals surface area contributed by atoms with Crippen molar-refractivity contribution >= 4 is 11.7 Å². The molecule has 8 heteroatoms. The number of likely N-dealkylation sites (tertiary alicyclic amines) is 1. The summed E-state index contributed by atoms with van der Waals surface area (Å²) in [6.45, 7) is 0.719. The van der Waals surface area contributed by atoms with E-state index in [1.54, 1.807) is 36.9 Å². The zero-order valence-electron chi connectivity index (χ0n) is 14.2. The molecule has 136 valence electrons. The average Bonchev–Trinajstić information content (AvgIpc) is 3.11. The summed E-state index contributed by atoms with van der Waals surface area (Å²) < 4.78 is 29.8. The van der Waals surface area contributed by atoms with Gasteiger partial charge < -0.3 is 9.80 Å². The molecule has 4 rings (SSSR count). The molecule has 1 spiro atoms. The van der Waals surface area contributed by atoms with E-state index >= 15 is 0 Å². The molecule has 2 fully saturated rings. The SMILES string of the molecule is O=C(c1cccnc1)N1CCC(F)(F)[C@]2(CCN(c3cnccn3)C2)C1. The van der Waals surface area contributed by atoms with Gasteiger partial charge in [0.15, 0.2) is 0 Å². The summed E-state index contributed by atoms with van der Waals surface area (Å²) in [5.74, 6) is -2.47. The summed E-state index contributed by atoms with van der Waals surface area (Å²) in [7, 11) is 0. The molecular weight excluding hydrogens is 340 g/mol. The van der Waals surface area contributed by atoms with E-state index in [1.807, 2.05) is 4.90 Å². The highest BCUT2D eigenvalue weighted by atomic mass is 19.3. The first-order chi connectivity index (χ1) is 12.5. The number of piperidine rings is 1. The van der Waals surface area contributed by atoms with Crippen LogP contribution in [0.2, 0.25) is 0 Å². The summed E-state index contributed by atoms with van der Waals surface area (Å²) in [6.07, 6.45) is 7.73. The molecular formula is C18H19F2N5O. The second-order valence-electron chi connectivity index (χ2n) is 6.94. The summed E-state index contributed by atoms with van der Waals surface area (Å²) in [4.78, 5) is 28.3. The number of carbonyl (C=O) groups excluding carboxylic acids is 1. The summed E-state index contributed by atoms with van der Waals surface area (Å²) >= 11 is 0. The van der Waals surface area contributed by atoms with E-state index in [0.29, 0.717) is 24.3 Å². The molecule has 2 aliphatic heterocycles. The zero-order chi connectivity index (χ0) is 18.2. The molecule has 0 radical (unpaired) electrons. The Kier molecular flexibility index (Phi) is 4.05. The van der Waals surface area contributed by atoms with Crippen molar-refractivity contribution in [2.75, 3.05) is 31.1 Å². The van der Waals surface area contributed by atoms with Crippen LogP contribution in [0.4, 0.5) is 14.6 Å². The predicted molar refractivity (Wildman–Crippen MR) is 91.0 cm³/mol. The molecule has 2 aromatic heterocycles. The van der Waals surface area contributed by atoms with E-state index in [0.717, 1.165) is 0 Å². The van der Waals surface area contributed by atoms with Crippen LogP contribution >= 0.6 is 0 Å². The molecule has 0 bridgehead atoms. The van der Waals surface area contributed by atoms with Crippen molar-refractivity contribution in [3.8, 4) is 0 Å². The normalized spacial score (nSPS) is 24.8. The molecule has 0 saturated carbocycles. The highest BCUT2D eigenvalue weighted by molar-refractivity contribution is 5.94. The molecule has 4 heterocycles. The van der Waals surface area contributed by atoms with Crippen LogP contribution in [-0.2, 0) is 0 Å². The van der Waals surface area contributed by atoms with Crippen LogP contribution in [-0.4, -0.2) is 57.9 Å². The van der Waals surface area contributed by atoms with Crippen molar-refractivity contribution in [1.82, 2.24) is 19.9 Å². The lowest BCUT2D eigenvalue weighted by Crippen LogP contribution is -2.58. The first-order valence-electron chi connectivity index (χ1n) is 8.59. The molecule has 6 nitrogen and oxygen atoms in total. The van der Waals surface area contributed by atoms with Crippen molar-refractivity contribution in [1.29, 1.82) is 0 Å². The number of aromatic nitrogens is 3. The molecule has 26 heavy (non-hydrogen) atoms. The van der Waals surface area contributed by atoms with E-state index in [1.165, 1.54) is 11.1 Å². The molecule has 0 aliphatic carbocycles. The smallest absolute Gasteiger partial charge is 0.258 e. The Balaban J connectivity index is 1.57. The third-order valence-electron chi connectivity index (χ3n) is 5.39. The van der Waals surface area contributed by atoms with Gasteiger partial charge in [-0.05, 0) is 18.6 Å². The van der Waals surface area contributed by atoms with Gasteiger partial charge in [0.2, 0.25) is 0 Å². The summed E-state index contributed by atoms with van der Waals surface area (Å²) in [6, 6.07) is 3.34. The van der Waals surface area contributed by atoms with Gasteiger partial charge in [-0.2, -0.15) is 0 Å². The lowest BCUT2D eigenvalue weighted by molar-refractivity contribution is -0.150. The lowest BCUT2D eigenvalue weighted by Gasteiger charge is -2.45. The standard InChI is InChI=1S/C18H19F2N5O/c19-18(20)4-9-25(16(26)14-2-1-5-21-10-14)13-17(18)3-8-24(12-17)15-11-22-6-7-23-15/h1-2,5-7,10-11H,3-4,8-9,12-13H2/t17-/m0/s1. The van der Waals surface area contributed by atoms with Crippen molar-refractivity contribution < 1.29 is 13.6 Å². The minimum absolute atomic E-state index is 0.0322. The van der Waals surface area contributed by atoms with Gasteiger partial charge in [-0.15, -0.1) is 0 Å². The third kappa shape index (κ3) is 2.79. The molecule has 1 amide bonds. The highest BCUT2D eigenvalue weighted by Crippen LogP contribution is 2.50. The number of hydrogen-bond donors (Lipinski definition) is 0. The quantitative estimate of drug-likeness (QED) is 0.823. The number of rotatable bonds is 2. The van der Waals surface area contributed by atoms with Crippen LogP contribution in [0.1, 0.15) is 23.2 Å². The highest BCUT2D eigenvalue weighted by Gasteiger charge is 2.60. The summed E-state index contributed by atoms with van der Waals surface area (Å²) in [5, 5.41) is 0. The number of anilines is 1. The Morgan fingerprint density at radius 1 is 1.04 bits per heavy atom. The maximum Gasteiger partial charge on any atom is 0.258 e. The van der Waals surface area contributed by atoms with Gasteiger partial charge in [-0.1, -0.05) is 0 Å². The Labute approximate surface area is 149 Å². The van der Waals surface area contributed by atoms with E-state index in [9.17, 15) is 13.6 Å². The van der Waals surface area contributed by atoms with Crippen LogP contribution in [0.25, 0.3) is 0 Å². The van der Waals surface area contributed by atoms with Gasteiger partial charge >= 0.3 is 0 Å². The Bertz CT molecular complexity index is 789. The number of carbonyl (C=O) groups is 1. The van der Waals surface area contributed by atoms with E-state index in [4.69, 9.17) is 0 Å². The molecule has 0 unspecified atom stereocenters. The molecule has 2 aromatic rings. The van der Waals surface area contributed by atoms with Gasteiger partial charge in [-0.25, -0.2) is 13.8 Å². The average molecular weight is 359 g/mol. The van der Waals surface area contributed by atoms with Gasteiger partial charge in [0.05, 0.1) is 17.2 Å². The molecule has 0 aromatic carbocycles. The number of alkyl halides is 2. The van der Waals surface area contributed by atoms with Gasteiger partial charge in [-0.3, -0.25) is 14.8 Å². The van der Waals surface area contributed by atoms with E-state index in [2.05, 4.69) is 15.0 Å². The third-order valence-corrected chi connectivity index (χ3v) is 5.39. The fourth-order valence-corrected chi connectivity index (χ4v) is 3.90. The molecule has 2 aliphatic rings. The van der Waals surface area contributed by atoms with Gasteiger partial charge in [0, 0.05) is 57.4 Å². The number of pyridine rings is 1. The predicted octanol–water partition coefficient (Wildman–Crippen LogP) is 2.25.